The predicted octanol–water partition coefficient (Wildman–Crippen LogP) is 1.37. The second-order valence-electron chi connectivity index (χ2n) is 5.64. The van der Waals surface area contributed by atoms with Crippen molar-refractivity contribution >= 4 is 5.91 Å². The average Bonchev–Trinajstić information content (AvgIpc) is 2.97. The normalized spacial score (nSPS) is 24.0. The van der Waals surface area contributed by atoms with Gasteiger partial charge in [-0.05, 0) is 18.5 Å². The van der Waals surface area contributed by atoms with Gasteiger partial charge in [0.05, 0.1) is 19.1 Å². The Morgan fingerprint density at radius 3 is 2.65 bits per heavy atom. The van der Waals surface area contributed by atoms with Gasteiger partial charge in [-0.2, -0.15) is 0 Å². The number of rotatable bonds is 3. The quantitative estimate of drug-likeness (QED) is 0.834. The summed E-state index contributed by atoms with van der Waals surface area (Å²) in [6, 6.07) is 10.5. The molecule has 1 unspecified atom stereocenters. The van der Waals surface area contributed by atoms with Crippen LogP contribution < -0.4 is 0 Å². The maximum atomic E-state index is 12.4. The second-order valence-corrected chi connectivity index (χ2v) is 5.64. The highest BCUT2D eigenvalue weighted by molar-refractivity contribution is 5.79. The predicted molar refractivity (Wildman–Crippen MR) is 77.2 cm³/mol. The van der Waals surface area contributed by atoms with Crippen LogP contribution in [0.1, 0.15) is 12.0 Å². The molecule has 0 aliphatic carbocycles. The molecule has 2 aliphatic heterocycles. The number of carbonyl (C=O) groups is 1. The van der Waals surface area contributed by atoms with Crippen molar-refractivity contribution in [2.45, 2.75) is 13.0 Å². The van der Waals surface area contributed by atoms with Crippen LogP contribution >= 0.6 is 0 Å². The minimum Gasteiger partial charge on any atom is -0.378 e. The molecule has 2 fully saturated rings. The molecule has 0 radical (unpaired) electrons. The Hall–Kier alpha value is -1.39. The van der Waals surface area contributed by atoms with Crippen LogP contribution in [0.2, 0.25) is 0 Å². The van der Waals surface area contributed by atoms with Crippen LogP contribution in [0, 0.1) is 5.92 Å². The summed E-state index contributed by atoms with van der Waals surface area (Å²) in [5.74, 6) is 0.501. The molecule has 20 heavy (non-hydrogen) atoms. The van der Waals surface area contributed by atoms with Crippen LogP contribution in [0.25, 0.3) is 0 Å². The third-order valence-corrected chi connectivity index (χ3v) is 4.19. The van der Waals surface area contributed by atoms with Crippen molar-refractivity contribution in [2.75, 3.05) is 39.4 Å². The fraction of sp³-hybridized carbons (Fsp3) is 0.562. The minimum absolute atomic E-state index is 0.178. The first-order valence-electron chi connectivity index (χ1n) is 7.46. The number of nitrogens with zero attached hydrogens (tertiary/aromatic N) is 2. The van der Waals surface area contributed by atoms with Gasteiger partial charge in [0, 0.05) is 26.2 Å². The van der Waals surface area contributed by atoms with Crippen molar-refractivity contribution in [1.82, 2.24) is 9.80 Å². The van der Waals surface area contributed by atoms with E-state index in [0.717, 1.165) is 39.1 Å². The Labute approximate surface area is 120 Å². The molecule has 1 atom stereocenters. The van der Waals surface area contributed by atoms with E-state index < -0.39 is 0 Å². The van der Waals surface area contributed by atoms with E-state index in [1.165, 1.54) is 5.56 Å². The van der Waals surface area contributed by atoms with Gasteiger partial charge < -0.3 is 9.64 Å². The number of morpholine rings is 1. The van der Waals surface area contributed by atoms with Gasteiger partial charge in [0.15, 0.2) is 0 Å². The molecule has 108 valence electrons. The monoisotopic (exact) mass is 274 g/mol. The molecule has 0 aromatic heterocycles. The smallest absolute Gasteiger partial charge is 0.227 e. The average molecular weight is 274 g/mol. The first-order valence-corrected chi connectivity index (χ1v) is 7.46. The molecule has 4 heteroatoms. The van der Waals surface area contributed by atoms with Crippen LogP contribution in [0.4, 0.5) is 0 Å². The van der Waals surface area contributed by atoms with Crippen molar-refractivity contribution in [3.63, 3.8) is 0 Å². The lowest BCUT2D eigenvalue weighted by molar-refractivity contribution is -0.139. The van der Waals surface area contributed by atoms with E-state index in [4.69, 9.17) is 4.74 Å². The first-order chi connectivity index (χ1) is 9.83. The zero-order valence-corrected chi connectivity index (χ0v) is 11.8. The molecule has 2 aliphatic rings. The number of likely N-dealkylation sites (tertiary alicyclic amines) is 1. The second kappa shape index (κ2) is 6.37. The Kier molecular flexibility index (Phi) is 4.33. The highest BCUT2D eigenvalue weighted by Crippen LogP contribution is 2.21. The summed E-state index contributed by atoms with van der Waals surface area (Å²) in [5.41, 5.74) is 1.33. The van der Waals surface area contributed by atoms with Crippen molar-refractivity contribution in [2.24, 2.45) is 5.92 Å². The Bertz CT molecular complexity index is 443. The standard InChI is InChI=1S/C16H22N2O2/c19-16(18-8-10-20-11-9-18)15-6-7-17(13-15)12-14-4-2-1-3-5-14/h1-5,15H,6-13H2. The number of amides is 1. The number of benzene rings is 1. The van der Waals surface area contributed by atoms with Crippen LogP contribution in [0.15, 0.2) is 30.3 Å². The van der Waals surface area contributed by atoms with E-state index in [1.807, 2.05) is 11.0 Å². The van der Waals surface area contributed by atoms with Crippen molar-refractivity contribution < 1.29 is 9.53 Å². The number of ether oxygens (including phenoxy) is 1. The summed E-state index contributed by atoms with van der Waals surface area (Å²) in [4.78, 5) is 16.8. The summed E-state index contributed by atoms with van der Waals surface area (Å²) < 4.78 is 5.31. The summed E-state index contributed by atoms with van der Waals surface area (Å²) in [6.45, 7) is 5.76. The van der Waals surface area contributed by atoms with Gasteiger partial charge in [0.25, 0.3) is 0 Å². The molecule has 0 saturated carbocycles. The lowest BCUT2D eigenvalue weighted by Gasteiger charge is -2.29. The maximum Gasteiger partial charge on any atom is 0.227 e. The molecule has 1 amide bonds. The number of hydrogen-bond acceptors (Lipinski definition) is 3. The zero-order valence-electron chi connectivity index (χ0n) is 11.8. The molecule has 4 nitrogen and oxygen atoms in total. The van der Waals surface area contributed by atoms with E-state index in [0.29, 0.717) is 19.1 Å². The molecule has 0 bridgehead atoms. The molecule has 1 aromatic carbocycles. The van der Waals surface area contributed by atoms with Gasteiger partial charge in [-0.3, -0.25) is 9.69 Å². The molecule has 0 N–H and O–H groups in total. The Morgan fingerprint density at radius 1 is 1.15 bits per heavy atom. The summed E-state index contributed by atoms with van der Waals surface area (Å²) in [6.07, 6.45) is 0.989. The van der Waals surface area contributed by atoms with Crippen LogP contribution in [0.3, 0.4) is 0 Å². The molecular weight excluding hydrogens is 252 g/mol. The van der Waals surface area contributed by atoms with Gasteiger partial charge in [-0.15, -0.1) is 0 Å². The van der Waals surface area contributed by atoms with Crippen LogP contribution in [-0.2, 0) is 16.1 Å². The van der Waals surface area contributed by atoms with Crippen LogP contribution in [0.5, 0.6) is 0 Å². The molecule has 2 heterocycles. The summed E-state index contributed by atoms with van der Waals surface area (Å²) in [5, 5.41) is 0. The van der Waals surface area contributed by atoms with Crippen molar-refractivity contribution in [3.05, 3.63) is 35.9 Å². The maximum absolute atomic E-state index is 12.4. The molecule has 0 spiro atoms. The lowest BCUT2D eigenvalue weighted by atomic mass is 10.1. The third-order valence-electron chi connectivity index (χ3n) is 4.19. The fourth-order valence-electron chi connectivity index (χ4n) is 3.06. The lowest BCUT2D eigenvalue weighted by Crippen LogP contribution is -2.44. The summed E-state index contributed by atoms with van der Waals surface area (Å²) >= 11 is 0. The highest BCUT2D eigenvalue weighted by Gasteiger charge is 2.31. The Balaban J connectivity index is 1.52. The van der Waals surface area contributed by atoms with E-state index in [9.17, 15) is 4.79 Å². The molecule has 2 saturated heterocycles. The Morgan fingerprint density at radius 2 is 1.90 bits per heavy atom. The number of hydrogen-bond donors (Lipinski definition) is 0. The topological polar surface area (TPSA) is 32.8 Å². The van der Waals surface area contributed by atoms with E-state index in [-0.39, 0.29) is 5.92 Å². The zero-order chi connectivity index (χ0) is 13.8. The van der Waals surface area contributed by atoms with Gasteiger partial charge >= 0.3 is 0 Å². The van der Waals surface area contributed by atoms with E-state index in [1.54, 1.807) is 0 Å². The fourth-order valence-corrected chi connectivity index (χ4v) is 3.06. The SMILES string of the molecule is O=C(C1CCN(Cc2ccccc2)C1)N1CCOCC1. The third kappa shape index (κ3) is 3.19. The van der Waals surface area contributed by atoms with Gasteiger partial charge in [-0.25, -0.2) is 0 Å². The minimum atomic E-state index is 0.178. The van der Waals surface area contributed by atoms with E-state index >= 15 is 0 Å². The van der Waals surface area contributed by atoms with Crippen LogP contribution in [-0.4, -0.2) is 55.1 Å². The van der Waals surface area contributed by atoms with Gasteiger partial charge in [-0.1, -0.05) is 30.3 Å². The van der Waals surface area contributed by atoms with Crippen molar-refractivity contribution in [1.29, 1.82) is 0 Å². The highest BCUT2D eigenvalue weighted by atomic mass is 16.5. The van der Waals surface area contributed by atoms with Gasteiger partial charge in [0.2, 0.25) is 5.91 Å². The molecule has 3 rings (SSSR count). The number of carbonyl (C=O) groups excluding carboxylic acids is 1. The first kappa shape index (κ1) is 13.6. The van der Waals surface area contributed by atoms with Gasteiger partial charge in [0.1, 0.15) is 0 Å². The van der Waals surface area contributed by atoms with E-state index in [2.05, 4.69) is 29.2 Å². The molecular formula is C16H22N2O2. The summed E-state index contributed by atoms with van der Waals surface area (Å²) in [7, 11) is 0. The molecule has 1 aromatic rings. The van der Waals surface area contributed by atoms with Crippen molar-refractivity contribution in [3.8, 4) is 0 Å². The largest absolute Gasteiger partial charge is 0.378 e.